The lowest BCUT2D eigenvalue weighted by atomic mass is 9.86. The Balaban J connectivity index is 1.59. The van der Waals surface area contributed by atoms with Gasteiger partial charge in [-0.1, -0.05) is 125 Å². The van der Waals surface area contributed by atoms with Crippen LogP contribution in [0.2, 0.25) is 0 Å². The number of aryl methyl sites for hydroxylation is 3. The topological polar surface area (TPSA) is 6.48 Å². The molecule has 0 aliphatic heterocycles. The third kappa shape index (κ3) is 5.21. The van der Waals surface area contributed by atoms with Crippen LogP contribution in [0.15, 0.2) is 145 Å². The maximum atomic E-state index is 2.59. The predicted octanol–water partition coefficient (Wildman–Crippen LogP) is 12.2. The van der Waals surface area contributed by atoms with Crippen LogP contribution >= 0.6 is 0 Å². The molecule has 0 aromatic heterocycles. The minimum atomic E-state index is -0.255. The Bertz CT molecular complexity index is 1960. The van der Waals surface area contributed by atoms with Crippen molar-refractivity contribution in [3.05, 3.63) is 162 Å². The smallest absolute Gasteiger partial charge is 0.0643 e. The molecule has 1 unspecified atom stereocenters. The molecule has 0 amide bonds. The molecule has 0 saturated carbocycles. The summed E-state index contributed by atoms with van der Waals surface area (Å²) in [6.07, 6.45) is 7.97. The van der Waals surface area contributed by atoms with Gasteiger partial charge in [0.05, 0.1) is 16.9 Å². The standard InChI is InChI=1S/C43H40N2/c1-30-14-20-34(21-15-30)44(35-22-16-31(2)17-23-35)41-37-10-6-8-12-39(37)42(40-13-9-7-11-38(40)41)45(36-24-18-32(3)19-25-36)43(5)28-26-33(4)27-29-43/h6-28H,29H2,1-5H3. The first-order valence-electron chi connectivity index (χ1n) is 15.9. The maximum absolute atomic E-state index is 2.59. The molecule has 0 bridgehead atoms. The maximum Gasteiger partial charge on any atom is 0.0643 e. The molecule has 0 heterocycles. The summed E-state index contributed by atoms with van der Waals surface area (Å²) in [4.78, 5) is 5.03. The second-order valence-electron chi connectivity index (χ2n) is 12.8. The zero-order chi connectivity index (χ0) is 31.1. The first-order valence-corrected chi connectivity index (χ1v) is 15.9. The van der Waals surface area contributed by atoms with E-state index >= 15 is 0 Å². The summed E-state index contributed by atoms with van der Waals surface area (Å²) in [5.74, 6) is 0. The van der Waals surface area contributed by atoms with E-state index in [0.717, 1.165) is 17.8 Å². The Morgan fingerprint density at radius 3 is 1.29 bits per heavy atom. The SMILES string of the molecule is CC1=CCC(C)(N(c2ccc(C)cc2)c2c3ccccc3c(N(c3ccc(C)cc3)c3ccc(C)cc3)c3ccccc23)C=C1. The number of fused-ring (bicyclic) bond motifs is 2. The number of allylic oxidation sites excluding steroid dienone is 2. The number of benzene rings is 6. The molecule has 0 spiro atoms. The fraction of sp³-hybridized carbons (Fsp3) is 0.163. The molecule has 0 fully saturated rings. The van der Waals surface area contributed by atoms with E-state index in [1.54, 1.807) is 0 Å². The van der Waals surface area contributed by atoms with Crippen LogP contribution in [0.4, 0.5) is 28.4 Å². The Morgan fingerprint density at radius 1 is 0.489 bits per heavy atom. The van der Waals surface area contributed by atoms with E-state index in [2.05, 4.69) is 184 Å². The van der Waals surface area contributed by atoms with Gasteiger partial charge in [-0.05, 0) is 77.4 Å². The van der Waals surface area contributed by atoms with Crippen LogP contribution in [0.3, 0.4) is 0 Å². The lowest BCUT2D eigenvalue weighted by Crippen LogP contribution is -2.42. The molecule has 0 saturated heterocycles. The van der Waals surface area contributed by atoms with Crippen LogP contribution < -0.4 is 9.80 Å². The van der Waals surface area contributed by atoms with Crippen LogP contribution in [0.25, 0.3) is 21.5 Å². The van der Waals surface area contributed by atoms with Crippen molar-refractivity contribution < 1.29 is 0 Å². The fourth-order valence-electron chi connectivity index (χ4n) is 6.71. The zero-order valence-corrected chi connectivity index (χ0v) is 26.9. The number of hydrogen-bond acceptors (Lipinski definition) is 2. The monoisotopic (exact) mass is 584 g/mol. The fourth-order valence-corrected chi connectivity index (χ4v) is 6.71. The molecule has 2 heteroatoms. The van der Waals surface area contributed by atoms with E-state index in [0.29, 0.717) is 0 Å². The van der Waals surface area contributed by atoms with Crippen molar-refractivity contribution in [3.8, 4) is 0 Å². The van der Waals surface area contributed by atoms with E-state index < -0.39 is 0 Å². The van der Waals surface area contributed by atoms with Crippen molar-refractivity contribution in [1.29, 1.82) is 0 Å². The summed E-state index contributed by atoms with van der Waals surface area (Å²) in [5.41, 5.74) is 10.7. The van der Waals surface area contributed by atoms with Gasteiger partial charge in [0.25, 0.3) is 0 Å². The molecule has 222 valence electrons. The Kier molecular flexibility index (Phi) is 7.30. The van der Waals surface area contributed by atoms with Gasteiger partial charge in [-0.25, -0.2) is 0 Å². The highest BCUT2D eigenvalue weighted by atomic mass is 15.2. The quantitative estimate of drug-likeness (QED) is 0.142. The third-order valence-electron chi connectivity index (χ3n) is 9.25. The van der Waals surface area contributed by atoms with Crippen LogP contribution in [-0.4, -0.2) is 5.54 Å². The summed E-state index contributed by atoms with van der Waals surface area (Å²) in [6.45, 7) is 11.0. The van der Waals surface area contributed by atoms with Crippen molar-refractivity contribution in [1.82, 2.24) is 0 Å². The van der Waals surface area contributed by atoms with Crippen LogP contribution in [0.5, 0.6) is 0 Å². The second-order valence-corrected chi connectivity index (χ2v) is 12.8. The summed E-state index contributed by atoms with van der Waals surface area (Å²) >= 11 is 0. The molecule has 1 aliphatic rings. The largest absolute Gasteiger partial charge is 0.331 e. The molecule has 6 aromatic rings. The van der Waals surface area contributed by atoms with E-state index in [1.807, 2.05) is 0 Å². The van der Waals surface area contributed by atoms with Gasteiger partial charge in [0.1, 0.15) is 0 Å². The normalized spacial score (nSPS) is 16.2. The Hall–Kier alpha value is -5.08. The molecule has 1 aliphatic carbocycles. The Morgan fingerprint density at radius 2 is 0.889 bits per heavy atom. The number of nitrogens with zero attached hydrogens (tertiary/aromatic N) is 2. The minimum Gasteiger partial charge on any atom is -0.331 e. The minimum absolute atomic E-state index is 0.255. The van der Waals surface area contributed by atoms with Crippen molar-refractivity contribution in [2.24, 2.45) is 0 Å². The predicted molar refractivity (Wildman–Crippen MR) is 195 cm³/mol. The summed E-state index contributed by atoms with van der Waals surface area (Å²) in [5, 5.41) is 4.91. The highest BCUT2D eigenvalue weighted by Crippen LogP contribution is 2.51. The van der Waals surface area contributed by atoms with Gasteiger partial charge in [0.15, 0.2) is 0 Å². The molecule has 0 N–H and O–H groups in total. The zero-order valence-electron chi connectivity index (χ0n) is 26.9. The highest BCUT2D eigenvalue weighted by Gasteiger charge is 2.34. The summed E-state index contributed by atoms with van der Waals surface area (Å²) in [7, 11) is 0. The van der Waals surface area contributed by atoms with Gasteiger partial charge < -0.3 is 9.80 Å². The second kappa shape index (κ2) is 11.4. The van der Waals surface area contributed by atoms with Crippen molar-refractivity contribution in [2.75, 3.05) is 9.80 Å². The Labute approximate surface area is 267 Å². The average molecular weight is 585 g/mol. The highest BCUT2D eigenvalue weighted by molar-refractivity contribution is 6.22. The lowest BCUT2D eigenvalue weighted by Gasteiger charge is -2.43. The van der Waals surface area contributed by atoms with Gasteiger partial charge in [0, 0.05) is 38.6 Å². The lowest BCUT2D eigenvalue weighted by molar-refractivity contribution is 0.569. The number of hydrogen-bond donors (Lipinski definition) is 0. The average Bonchev–Trinajstić information content (AvgIpc) is 3.06. The molecule has 0 radical (unpaired) electrons. The molecular formula is C43H40N2. The molecule has 1 atom stereocenters. The van der Waals surface area contributed by atoms with Crippen LogP contribution in [0.1, 0.15) is 37.0 Å². The third-order valence-corrected chi connectivity index (χ3v) is 9.25. The van der Waals surface area contributed by atoms with E-state index in [4.69, 9.17) is 0 Å². The number of anilines is 5. The molecule has 45 heavy (non-hydrogen) atoms. The summed E-state index contributed by atoms with van der Waals surface area (Å²) < 4.78 is 0. The van der Waals surface area contributed by atoms with Gasteiger partial charge in [-0.2, -0.15) is 0 Å². The first-order chi connectivity index (χ1) is 21.8. The van der Waals surface area contributed by atoms with Crippen molar-refractivity contribution >= 4 is 50.0 Å². The van der Waals surface area contributed by atoms with Gasteiger partial charge >= 0.3 is 0 Å². The molecule has 2 nitrogen and oxygen atoms in total. The van der Waals surface area contributed by atoms with Gasteiger partial charge in [-0.3, -0.25) is 0 Å². The summed E-state index contributed by atoms with van der Waals surface area (Å²) in [6, 6.07) is 44.8. The van der Waals surface area contributed by atoms with Gasteiger partial charge in [0.2, 0.25) is 0 Å². The van der Waals surface area contributed by atoms with Crippen LogP contribution in [0, 0.1) is 20.8 Å². The van der Waals surface area contributed by atoms with E-state index in [-0.39, 0.29) is 5.54 Å². The first kappa shape index (κ1) is 28.7. The molecule has 7 rings (SSSR count). The molecule has 6 aromatic carbocycles. The van der Waals surface area contributed by atoms with E-state index in [9.17, 15) is 0 Å². The number of rotatable bonds is 6. The van der Waals surface area contributed by atoms with Crippen molar-refractivity contribution in [3.63, 3.8) is 0 Å². The van der Waals surface area contributed by atoms with Crippen LogP contribution in [-0.2, 0) is 0 Å². The molecular weight excluding hydrogens is 544 g/mol. The van der Waals surface area contributed by atoms with Crippen molar-refractivity contribution in [2.45, 2.75) is 46.6 Å². The van der Waals surface area contributed by atoms with E-state index in [1.165, 1.54) is 60.9 Å². The van der Waals surface area contributed by atoms with Gasteiger partial charge in [-0.15, -0.1) is 0 Å².